The number of carbonyl (C=O) groups is 1. The number of halogens is 1. The van der Waals surface area contributed by atoms with Crippen LogP contribution in [0.15, 0.2) is 16.7 Å². The fraction of sp³-hybridized carbons (Fsp3) is 0.333. The zero-order chi connectivity index (χ0) is 13.0. The van der Waals surface area contributed by atoms with Gasteiger partial charge in [0.15, 0.2) is 0 Å². The fourth-order valence-electron chi connectivity index (χ4n) is 1.12. The van der Waals surface area contributed by atoms with Gasteiger partial charge in [-0.15, -0.1) is 0 Å². The number of rotatable bonds is 4. The highest BCUT2D eigenvalue weighted by Gasteiger charge is 2.15. The van der Waals surface area contributed by atoms with Crippen LogP contribution in [0.3, 0.4) is 0 Å². The number of nitrogens with one attached hydrogen (secondary N) is 2. The SMILES string of the molecule is CNC(=O)C(C)Nc1ncc([N+](=O)[O-])cc1Br. The first-order valence-corrected chi connectivity index (χ1v) is 5.53. The quantitative estimate of drug-likeness (QED) is 0.645. The Morgan fingerprint density at radius 2 is 2.29 bits per heavy atom. The Morgan fingerprint density at radius 3 is 2.76 bits per heavy atom. The van der Waals surface area contributed by atoms with Crippen molar-refractivity contribution in [2.24, 2.45) is 0 Å². The van der Waals surface area contributed by atoms with Crippen LogP contribution < -0.4 is 10.6 Å². The Labute approximate surface area is 106 Å². The maximum absolute atomic E-state index is 11.3. The Morgan fingerprint density at radius 1 is 1.65 bits per heavy atom. The van der Waals surface area contributed by atoms with Crippen molar-refractivity contribution < 1.29 is 9.72 Å². The number of likely N-dealkylation sites (N-methyl/N-ethyl adjacent to an activating group) is 1. The van der Waals surface area contributed by atoms with Crippen LogP contribution in [0.25, 0.3) is 0 Å². The van der Waals surface area contributed by atoms with Crippen molar-refractivity contribution in [2.45, 2.75) is 13.0 Å². The van der Waals surface area contributed by atoms with Gasteiger partial charge in [0.1, 0.15) is 18.1 Å². The molecule has 1 rings (SSSR count). The lowest BCUT2D eigenvalue weighted by Gasteiger charge is -2.13. The lowest BCUT2D eigenvalue weighted by Crippen LogP contribution is -2.35. The van der Waals surface area contributed by atoms with E-state index in [9.17, 15) is 14.9 Å². The predicted molar refractivity (Wildman–Crippen MR) is 65.7 cm³/mol. The third-order valence-corrected chi connectivity index (χ3v) is 2.63. The third-order valence-electron chi connectivity index (χ3n) is 2.03. The van der Waals surface area contributed by atoms with Gasteiger partial charge in [0.2, 0.25) is 5.91 Å². The summed E-state index contributed by atoms with van der Waals surface area (Å²) in [5.74, 6) is 0.184. The fourth-order valence-corrected chi connectivity index (χ4v) is 1.57. The van der Waals surface area contributed by atoms with Gasteiger partial charge in [0, 0.05) is 13.1 Å². The van der Waals surface area contributed by atoms with Crippen LogP contribution in [0, 0.1) is 10.1 Å². The van der Waals surface area contributed by atoms with E-state index in [1.807, 2.05) is 0 Å². The number of pyridine rings is 1. The molecule has 0 saturated carbocycles. The predicted octanol–water partition coefficient (Wildman–Crippen LogP) is 1.30. The van der Waals surface area contributed by atoms with Crippen molar-refractivity contribution in [3.63, 3.8) is 0 Å². The molecule has 0 bridgehead atoms. The third kappa shape index (κ3) is 3.38. The molecular formula is C9H11BrN4O3. The van der Waals surface area contributed by atoms with Gasteiger partial charge in [-0.1, -0.05) is 0 Å². The van der Waals surface area contributed by atoms with Crippen molar-refractivity contribution in [1.82, 2.24) is 10.3 Å². The summed E-state index contributed by atoms with van der Waals surface area (Å²) in [6, 6.07) is 0.844. The molecule has 92 valence electrons. The van der Waals surface area contributed by atoms with E-state index in [-0.39, 0.29) is 11.6 Å². The first-order valence-electron chi connectivity index (χ1n) is 4.73. The molecule has 1 unspecified atom stereocenters. The highest BCUT2D eigenvalue weighted by molar-refractivity contribution is 9.10. The van der Waals surface area contributed by atoms with Gasteiger partial charge in [-0.2, -0.15) is 0 Å². The minimum absolute atomic E-state index is 0.116. The largest absolute Gasteiger partial charge is 0.358 e. The van der Waals surface area contributed by atoms with Gasteiger partial charge in [0.25, 0.3) is 5.69 Å². The molecule has 1 amide bonds. The van der Waals surface area contributed by atoms with Crippen LogP contribution in [-0.4, -0.2) is 28.9 Å². The standard InChI is InChI=1S/C9H11BrN4O3/c1-5(9(15)11-2)13-8-7(10)3-6(4-12-8)14(16)17/h3-5H,1-2H3,(H,11,15)(H,12,13). The summed E-state index contributed by atoms with van der Waals surface area (Å²) in [6.07, 6.45) is 1.13. The zero-order valence-corrected chi connectivity index (χ0v) is 10.8. The maximum Gasteiger partial charge on any atom is 0.288 e. The molecule has 0 saturated heterocycles. The molecule has 0 spiro atoms. The summed E-state index contributed by atoms with van der Waals surface area (Å²) in [6.45, 7) is 1.66. The Balaban J connectivity index is 2.86. The number of nitro groups is 1. The number of nitrogens with zero attached hydrogens (tertiary/aromatic N) is 2. The first-order chi connectivity index (χ1) is 7.95. The maximum atomic E-state index is 11.3. The molecule has 1 heterocycles. The average Bonchev–Trinajstić information content (AvgIpc) is 2.30. The van der Waals surface area contributed by atoms with Crippen LogP contribution in [0.1, 0.15) is 6.92 Å². The minimum atomic E-state index is -0.538. The molecule has 2 N–H and O–H groups in total. The van der Waals surface area contributed by atoms with E-state index in [4.69, 9.17) is 0 Å². The van der Waals surface area contributed by atoms with E-state index in [0.29, 0.717) is 10.3 Å². The van der Waals surface area contributed by atoms with Gasteiger partial charge < -0.3 is 10.6 Å². The molecule has 0 radical (unpaired) electrons. The topological polar surface area (TPSA) is 97.2 Å². The monoisotopic (exact) mass is 302 g/mol. The molecular weight excluding hydrogens is 292 g/mol. The number of aromatic nitrogens is 1. The molecule has 1 atom stereocenters. The molecule has 0 aromatic carbocycles. The molecule has 1 aromatic rings. The second kappa shape index (κ2) is 5.58. The number of anilines is 1. The van der Waals surface area contributed by atoms with Crippen molar-refractivity contribution in [3.05, 3.63) is 26.9 Å². The zero-order valence-electron chi connectivity index (χ0n) is 9.23. The van der Waals surface area contributed by atoms with Crippen LogP contribution in [0.2, 0.25) is 0 Å². The van der Waals surface area contributed by atoms with Crippen LogP contribution in [0.5, 0.6) is 0 Å². The highest BCUT2D eigenvalue weighted by Crippen LogP contribution is 2.24. The van der Waals surface area contributed by atoms with Crippen molar-refractivity contribution >= 4 is 33.3 Å². The lowest BCUT2D eigenvalue weighted by molar-refractivity contribution is -0.385. The summed E-state index contributed by atoms with van der Waals surface area (Å²) in [5.41, 5.74) is -0.116. The van der Waals surface area contributed by atoms with Crippen LogP contribution >= 0.6 is 15.9 Å². The Hall–Kier alpha value is -1.70. The Kier molecular flexibility index (Phi) is 4.38. The average molecular weight is 303 g/mol. The molecule has 1 aromatic heterocycles. The minimum Gasteiger partial charge on any atom is -0.358 e. The summed E-state index contributed by atoms with van der Waals surface area (Å²) < 4.78 is 0.433. The normalized spacial score (nSPS) is 11.7. The van der Waals surface area contributed by atoms with E-state index in [1.165, 1.54) is 13.1 Å². The van der Waals surface area contributed by atoms with Gasteiger partial charge in [-0.25, -0.2) is 4.98 Å². The summed E-state index contributed by atoms with van der Waals surface area (Å²) in [5, 5.41) is 15.8. The van der Waals surface area contributed by atoms with Gasteiger partial charge in [0.05, 0.1) is 9.40 Å². The van der Waals surface area contributed by atoms with E-state index in [2.05, 4.69) is 31.5 Å². The molecule has 7 nitrogen and oxygen atoms in total. The van der Waals surface area contributed by atoms with Crippen LogP contribution in [-0.2, 0) is 4.79 Å². The summed E-state index contributed by atoms with van der Waals surface area (Å²) >= 11 is 3.15. The van der Waals surface area contributed by atoms with E-state index in [1.54, 1.807) is 6.92 Å². The lowest BCUT2D eigenvalue weighted by atomic mass is 10.3. The van der Waals surface area contributed by atoms with E-state index in [0.717, 1.165) is 6.20 Å². The van der Waals surface area contributed by atoms with Gasteiger partial charge in [-0.05, 0) is 22.9 Å². The van der Waals surface area contributed by atoms with Crippen molar-refractivity contribution in [2.75, 3.05) is 12.4 Å². The van der Waals surface area contributed by atoms with E-state index >= 15 is 0 Å². The molecule has 17 heavy (non-hydrogen) atoms. The summed E-state index contributed by atoms with van der Waals surface area (Å²) in [7, 11) is 1.53. The smallest absolute Gasteiger partial charge is 0.288 e. The van der Waals surface area contributed by atoms with Gasteiger partial charge in [-0.3, -0.25) is 14.9 Å². The highest BCUT2D eigenvalue weighted by atomic mass is 79.9. The Bertz CT molecular complexity index is 452. The number of hydrogen-bond acceptors (Lipinski definition) is 5. The molecule has 0 fully saturated rings. The van der Waals surface area contributed by atoms with Crippen LogP contribution in [0.4, 0.5) is 11.5 Å². The number of hydrogen-bond donors (Lipinski definition) is 2. The van der Waals surface area contributed by atoms with E-state index < -0.39 is 11.0 Å². The number of carbonyl (C=O) groups excluding carboxylic acids is 1. The first kappa shape index (κ1) is 13.4. The number of amides is 1. The summed E-state index contributed by atoms with van der Waals surface area (Å²) in [4.78, 5) is 25.1. The van der Waals surface area contributed by atoms with Gasteiger partial charge >= 0.3 is 0 Å². The molecule has 8 heteroatoms. The molecule has 0 aliphatic carbocycles. The molecule has 0 aliphatic rings. The second-order valence-electron chi connectivity index (χ2n) is 3.26. The van der Waals surface area contributed by atoms with Crippen molar-refractivity contribution in [3.8, 4) is 0 Å². The second-order valence-corrected chi connectivity index (χ2v) is 4.12. The van der Waals surface area contributed by atoms with Crippen molar-refractivity contribution in [1.29, 1.82) is 0 Å². The molecule has 0 aliphatic heterocycles.